The van der Waals surface area contributed by atoms with Crippen molar-refractivity contribution in [1.82, 2.24) is 0 Å². The van der Waals surface area contributed by atoms with E-state index in [9.17, 15) is 5.26 Å². The normalized spacial score (nSPS) is 10.2. The Labute approximate surface area is 144 Å². The average molecular weight is 340 g/mol. The van der Waals surface area contributed by atoms with Gasteiger partial charge in [0, 0.05) is 5.69 Å². The molecule has 3 aromatic rings. The molecule has 24 heavy (non-hydrogen) atoms. The summed E-state index contributed by atoms with van der Waals surface area (Å²) in [5.74, 6) is 2.15. The fourth-order valence-corrected chi connectivity index (χ4v) is 3.66. The number of nitriles is 1. The highest BCUT2D eigenvalue weighted by Gasteiger charge is 2.19. The van der Waals surface area contributed by atoms with Crippen molar-refractivity contribution in [3.05, 3.63) is 42.0 Å². The number of benzene rings is 2. The number of methoxy groups -OCH3 is 3. The van der Waals surface area contributed by atoms with E-state index in [0.717, 1.165) is 32.3 Å². The molecule has 0 spiro atoms. The molecule has 1 aromatic heterocycles. The van der Waals surface area contributed by atoms with Gasteiger partial charge in [-0.3, -0.25) is 0 Å². The Morgan fingerprint density at radius 3 is 2.17 bits per heavy atom. The molecule has 122 valence electrons. The van der Waals surface area contributed by atoms with Crippen molar-refractivity contribution in [1.29, 1.82) is 5.26 Å². The van der Waals surface area contributed by atoms with Crippen molar-refractivity contribution in [2.75, 3.05) is 26.6 Å². The molecule has 1 N–H and O–H groups in total. The van der Waals surface area contributed by atoms with E-state index in [1.165, 1.54) is 11.3 Å². The van der Waals surface area contributed by atoms with Crippen LogP contribution in [0.1, 0.15) is 5.56 Å². The SMILES string of the molecule is COc1ccc(Nc2sc3c(OC)ccc(OC)c3c2C#N)cc1. The van der Waals surface area contributed by atoms with Gasteiger partial charge in [-0.05, 0) is 36.4 Å². The third-order valence-corrected chi connectivity index (χ3v) is 4.78. The Balaban J connectivity index is 2.12. The summed E-state index contributed by atoms with van der Waals surface area (Å²) in [4.78, 5) is 0. The van der Waals surface area contributed by atoms with Crippen LogP contribution in [0.5, 0.6) is 17.2 Å². The van der Waals surface area contributed by atoms with Gasteiger partial charge in [0.2, 0.25) is 0 Å². The molecule has 0 aliphatic rings. The van der Waals surface area contributed by atoms with E-state index in [0.29, 0.717) is 11.3 Å². The summed E-state index contributed by atoms with van der Waals surface area (Å²) >= 11 is 1.46. The Bertz CT molecular complexity index is 911. The lowest BCUT2D eigenvalue weighted by Gasteiger charge is -2.06. The van der Waals surface area contributed by atoms with Crippen LogP contribution in [0.25, 0.3) is 10.1 Å². The van der Waals surface area contributed by atoms with Crippen LogP contribution in [0.15, 0.2) is 36.4 Å². The summed E-state index contributed by atoms with van der Waals surface area (Å²) in [5.41, 5.74) is 1.42. The number of hydrogen-bond acceptors (Lipinski definition) is 6. The highest BCUT2D eigenvalue weighted by molar-refractivity contribution is 7.23. The van der Waals surface area contributed by atoms with Gasteiger partial charge in [0.05, 0.1) is 37.0 Å². The van der Waals surface area contributed by atoms with Gasteiger partial charge in [-0.1, -0.05) is 0 Å². The third-order valence-electron chi connectivity index (χ3n) is 3.66. The van der Waals surface area contributed by atoms with Gasteiger partial charge in [-0.15, -0.1) is 11.3 Å². The molecule has 6 heteroatoms. The molecule has 0 bridgehead atoms. The highest BCUT2D eigenvalue weighted by Crippen LogP contribution is 2.45. The first-order chi connectivity index (χ1) is 11.7. The van der Waals surface area contributed by atoms with Crippen LogP contribution in [0.4, 0.5) is 10.7 Å². The van der Waals surface area contributed by atoms with E-state index in [1.54, 1.807) is 21.3 Å². The van der Waals surface area contributed by atoms with Gasteiger partial charge in [-0.25, -0.2) is 0 Å². The Hall–Kier alpha value is -2.91. The Morgan fingerprint density at radius 1 is 0.917 bits per heavy atom. The summed E-state index contributed by atoms with van der Waals surface area (Å²) in [6, 6.07) is 13.5. The van der Waals surface area contributed by atoms with E-state index in [1.807, 2.05) is 36.4 Å². The predicted molar refractivity (Wildman–Crippen MR) is 95.9 cm³/mol. The standard InChI is InChI=1S/C18H16N2O3S/c1-21-12-6-4-11(5-7-12)20-18-13(10-19)16-14(22-2)8-9-15(23-3)17(16)24-18/h4-9,20H,1-3H3. The first-order valence-corrected chi connectivity index (χ1v) is 8.02. The fourth-order valence-electron chi connectivity index (χ4n) is 2.48. The van der Waals surface area contributed by atoms with Crippen LogP contribution in [0, 0.1) is 11.3 Å². The minimum atomic E-state index is 0.543. The second-order valence-electron chi connectivity index (χ2n) is 4.95. The second kappa shape index (κ2) is 6.69. The molecule has 0 radical (unpaired) electrons. The van der Waals surface area contributed by atoms with Gasteiger partial charge in [0.25, 0.3) is 0 Å². The van der Waals surface area contributed by atoms with Crippen LogP contribution in [0.3, 0.4) is 0 Å². The smallest absolute Gasteiger partial charge is 0.137 e. The molecule has 0 aliphatic carbocycles. The molecule has 3 rings (SSSR count). The molecule has 0 amide bonds. The molecule has 0 atom stereocenters. The zero-order chi connectivity index (χ0) is 17.1. The van der Waals surface area contributed by atoms with Crippen molar-refractivity contribution in [2.45, 2.75) is 0 Å². The van der Waals surface area contributed by atoms with Gasteiger partial charge in [0.1, 0.15) is 28.3 Å². The molecule has 1 heterocycles. The van der Waals surface area contributed by atoms with Crippen LogP contribution in [-0.4, -0.2) is 21.3 Å². The minimum absolute atomic E-state index is 0.543. The zero-order valence-corrected chi connectivity index (χ0v) is 14.4. The van der Waals surface area contributed by atoms with Crippen LogP contribution < -0.4 is 19.5 Å². The topological polar surface area (TPSA) is 63.5 Å². The first-order valence-electron chi connectivity index (χ1n) is 7.20. The largest absolute Gasteiger partial charge is 0.497 e. The van der Waals surface area contributed by atoms with E-state index >= 15 is 0 Å². The van der Waals surface area contributed by atoms with Gasteiger partial charge >= 0.3 is 0 Å². The van der Waals surface area contributed by atoms with Crippen LogP contribution in [-0.2, 0) is 0 Å². The first kappa shape index (κ1) is 16.0. The molecule has 0 saturated carbocycles. The zero-order valence-electron chi connectivity index (χ0n) is 13.5. The van der Waals surface area contributed by atoms with Gasteiger partial charge in [-0.2, -0.15) is 5.26 Å². The average Bonchev–Trinajstić information content (AvgIpc) is 2.99. The Kier molecular flexibility index (Phi) is 4.45. The molecule has 0 unspecified atom stereocenters. The molecule has 5 nitrogen and oxygen atoms in total. The maximum atomic E-state index is 9.65. The number of thiophene rings is 1. The number of rotatable bonds is 5. The molecule has 0 saturated heterocycles. The number of ether oxygens (including phenoxy) is 3. The lowest BCUT2D eigenvalue weighted by Crippen LogP contribution is -1.91. The second-order valence-corrected chi connectivity index (χ2v) is 5.97. The van der Waals surface area contributed by atoms with E-state index in [-0.39, 0.29) is 0 Å². The van der Waals surface area contributed by atoms with Crippen molar-refractivity contribution in [3.8, 4) is 23.3 Å². The van der Waals surface area contributed by atoms with Gasteiger partial charge in [0.15, 0.2) is 0 Å². The monoisotopic (exact) mass is 340 g/mol. The Morgan fingerprint density at radius 2 is 1.58 bits per heavy atom. The number of fused-ring (bicyclic) bond motifs is 1. The number of nitrogens with one attached hydrogen (secondary N) is 1. The molecule has 2 aromatic carbocycles. The molecular weight excluding hydrogens is 324 g/mol. The summed E-state index contributed by atoms with van der Waals surface area (Å²) in [6.45, 7) is 0. The van der Waals surface area contributed by atoms with Crippen LogP contribution >= 0.6 is 11.3 Å². The number of hydrogen-bond donors (Lipinski definition) is 1. The van der Waals surface area contributed by atoms with Crippen molar-refractivity contribution in [3.63, 3.8) is 0 Å². The van der Waals surface area contributed by atoms with E-state index < -0.39 is 0 Å². The maximum absolute atomic E-state index is 9.65. The highest BCUT2D eigenvalue weighted by atomic mass is 32.1. The maximum Gasteiger partial charge on any atom is 0.137 e. The fraction of sp³-hybridized carbons (Fsp3) is 0.167. The number of anilines is 2. The van der Waals surface area contributed by atoms with Crippen molar-refractivity contribution in [2.24, 2.45) is 0 Å². The van der Waals surface area contributed by atoms with Crippen molar-refractivity contribution < 1.29 is 14.2 Å². The van der Waals surface area contributed by atoms with Gasteiger partial charge < -0.3 is 19.5 Å². The van der Waals surface area contributed by atoms with Crippen molar-refractivity contribution >= 4 is 32.1 Å². The van der Waals surface area contributed by atoms with E-state index in [2.05, 4.69) is 11.4 Å². The summed E-state index contributed by atoms with van der Waals surface area (Å²) in [6.07, 6.45) is 0. The predicted octanol–water partition coefficient (Wildman–Crippen LogP) is 4.54. The third kappa shape index (κ3) is 2.70. The molecule has 0 fully saturated rings. The van der Waals surface area contributed by atoms with E-state index in [4.69, 9.17) is 14.2 Å². The lowest BCUT2D eigenvalue weighted by molar-refractivity contribution is 0.411. The quantitative estimate of drug-likeness (QED) is 0.738. The summed E-state index contributed by atoms with van der Waals surface area (Å²) in [7, 11) is 4.83. The molecular formula is C18H16N2O3S. The summed E-state index contributed by atoms with van der Waals surface area (Å²) < 4.78 is 16.9. The van der Waals surface area contributed by atoms with Crippen LogP contribution in [0.2, 0.25) is 0 Å². The number of nitrogens with zero attached hydrogens (tertiary/aromatic N) is 1. The lowest BCUT2D eigenvalue weighted by atomic mass is 10.1. The summed E-state index contributed by atoms with van der Waals surface area (Å²) in [5, 5.41) is 14.5. The minimum Gasteiger partial charge on any atom is -0.497 e. The molecule has 0 aliphatic heterocycles.